The predicted octanol–water partition coefficient (Wildman–Crippen LogP) is 2.90. The van der Waals surface area contributed by atoms with Crippen molar-refractivity contribution in [1.29, 1.82) is 0 Å². The van der Waals surface area contributed by atoms with E-state index in [0.717, 1.165) is 6.42 Å². The molecule has 0 fully saturated rings. The normalized spacial score (nSPS) is 13.8. The van der Waals surface area contributed by atoms with Crippen LogP contribution in [-0.2, 0) is 25.9 Å². The number of carbonyl (C=O) groups is 1. The van der Waals surface area contributed by atoms with Gasteiger partial charge in [-0.15, -0.1) is 11.3 Å². The molecule has 0 saturated heterocycles. The number of imidazole rings is 1. The highest BCUT2D eigenvalue weighted by Crippen LogP contribution is 2.30. The van der Waals surface area contributed by atoms with Gasteiger partial charge in [-0.3, -0.25) is 9.36 Å². The molecule has 0 bridgehead atoms. The number of fused-ring (bicyclic) bond motifs is 2. The van der Waals surface area contributed by atoms with Crippen LogP contribution >= 0.6 is 11.3 Å². The Kier molecular flexibility index (Phi) is 4.17. The second-order valence-corrected chi connectivity index (χ2v) is 7.30. The van der Waals surface area contributed by atoms with Crippen LogP contribution in [0, 0.1) is 0 Å². The first-order chi connectivity index (χ1) is 12.2. The second kappa shape index (κ2) is 6.48. The number of nitrogens with one attached hydrogen (secondary N) is 1. The van der Waals surface area contributed by atoms with Crippen LogP contribution in [0.2, 0.25) is 0 Å². The number of anilines is 1. The van der Waals surface area contributed by atoms with Gasteiger partial charge in [0.25, 0.3) is 5.91 Å². The van der Waals surface area contributed by atoms with Crippen LogP contribution < -0.4 is 11.1 Å². The summed E-state index contributed by atoms with van der Waals surface area (Å²) in [4.78, 5) is 22.7. The minimum atomic E-state index is -0.130. The molecule has 0 aliphatic heterocycles. The molecule has 3 heterocycles. The number of carbonyl (C=O) groups excluding carboxylic acids is 1. The molecule has 6 nitrogen and oxygen atoms in total. The lowest BCUT2D eigenvalue weighted by molar-refractivity contribution is 0.0950. The number of amides is 1. The van der Waals surface area contributed by atoms with Crippen molar-refractivity contribution in [3.05, 3.63) is 39.2 Å². The third kappa shape index (κ3) is 2.89. The van der Waals surface area contributed by atoms with Crippen molar-refractivity contribution in [2.45, 2.75) is 45.7 Å². The van der Waals surface area contributed by atoms with Crippen molar-refractivity contribution < 1.29 is 4.79 Å². The van der Waals surface area contributed by atoms with Gasteiger partial charge in [-0.1, -0.05) is 0 Å². The van der Waals surface area contributed by atoms with Crippen molar-refractivity contribution in [2.24, 2.45) is 0 Å². The SMILES string of the molecule is CCn1c(N)nc2cc(C(=O)NCc3csc4c3CCCC4)cnc21. The van der Waals surface area contributed by atoms with E-state index >= 15 is 0 Å². The van der Waals surface area contributed by atoms with E-state index in [9.17, 15) is 4.79 Å². The zero-order chi connectivity index (χ0) is 17.4. The van der Waals surface area contributed by atoms with Gasteiger partial charge >= 0.3 is 0 Å². The number of nitrogens with two attached hydrogens (primary N) is 1. The summed E-state index contributed by atoms with van der Waals surface area (Å²) < 4.78 is 1.83. The van der Waals surface area contributed by atoms with E-state index in [1.165, 1.54) is 35.3 Å². The first-order valence-corrected chi connectivity index (χ1v) is 9.53. The molecule has 1 aliphatic rings. The first kappa shape index (κ1) is 16.1. The molecule has 4 rings (SSSR count). The van der Waals surface area contributed by atoms with Crippen LogP contribution in [0.25, 0.3) is 11.2 Å². The van der Waals surface area contributed by atoms with E-state index in [1.807, 2.05) is 22.8 Å². The topological polar surface area (TPSA) is 85.8 Å². The molecule has 130 valence electrons. The van der Waals surface area contributed by atoms with Gasteiger partial charge in [0.05, 0.1) is 5.56 Å². The summed E-state index contributed by atoms with van der Waals surface area (Å²) in [5, 5.41) is 5.20. The Labute approximate surface area is 150 Å². The zero-order valence-corrected chi connectivity index (χ0v) is 15.0. The number of nitrogen functional groups attached to an aromatic ring is 1. The maximum absolute atomic E-state index is 12.5. The Balaban J connectivity index is 1.51. The average molecular weight is 355 g/mol. The Morgan fingerprint density at radius 1 is 1.40 bits per heavy atom. The van der Waals surface area contributed by atoms with Crippen molar-refractivity contribution in [2.75, 3.05) is 5.73 Å². The predicted molar refractivity (Wildman–Crippen MR) is 99.7 cm³/mol. The van der Waals surface area contributed by atoms with Gasteiger partial charge in [0.1, 0.15) is 5.52 Å². The van der Waals surface area contributed by atoms with Gasteiger partial charge in [0.15, 0.2) is 5.65 Å². The van der Waals surface area contributed by atoms with Crippen molar-refractivity contribution in [3.8, 4) is 0 Å². The van der Waals surface area contributed by atoms with Gasteiger partial charge in [-0.05, 0) is 55.2 Å². The number of aryl methyl sites for hydroxylation is 2. The number of thiophene rings is 1. The van der Waals surface area contributed by atoms with Crippen LogP contribution in [0.1, 0.15) is 46.1 Å². The fourth-order valence-electron chi connectivity index (χ4n) is 3.45. The first-order valence-electron chi connectivity index (χ1n) is 8.65. The molecular weight excluding hydrogens is 334 g/mol. The van der Waals surface area contributed by atoms with Crippen LogP contribution in [0.3, 0.4) is 0 Å². The van der Waals surface area contributed by atoms with Crippen molar-refractivity contribution in [1.82, 2.24) is 19.9 Å². The third-order valence-corrected chi connectivity index (χ3v) is 5.92. The molecule has 1 aliphatic carbocycles. The molecule has 0 atom stereocenters. The summed E-state index contributed by atoms with van der Waals surface area (Å²) in [5.41, 5.74) is 10.5. The van der Waals surface area contributed by atoms with E-state index in [-0.39, 0.29) is 5.91 Å². The summed E-state index contributed by atoms with van der Waals surface area (Å²) >= 11 is 1.82. The second-order valence-electron chi connectivity index (χ2n) is 6.33. The maximum Gasteiger partial charge on any atom is 0.253 e. The standard InChI is InChI=1S/C18H21N5OS/c1-2-23-16-14(22-18(23)19)7-11(8-20-16)17(24)21-9-12-10-25-15-6-4-3-5-13(12)15/h7-8,10H,2-6,9H2,1H3,(H2,19,22)(H,21,24). The van der Waals surface area contributed by atoms with Gasteiger partial charge in [-0.2, -0.15) is 0 Å². The number of hydrogen-bond donors (Lipinski definition) is 2. The molecule has 3 aromatic rings. The van der Waals surface area contributed by atoms with Crippen molar-refractivity contribution >= 4 is 34.4 Å². The quantitative estimate of drug-likeness (QED) is 0.753. The number of rotatable bonds is 4. The molecule has 1 amide bonds. The highest BCUT2D eigenvalue weighted by Gasteiger charge is 2.17. The molecule has 0 saturated carbocycles. The van der Waals surface area contributed by atoms with Gasteiger partial charge in [0.2, 0.25) is 5.95 Å². The highest BCUT2D eigenvalue weighted by molar-refractivity contribution is 7.10. The molecule has 3 aromatic heterocycles. The van der Waals surface area contributed by atoms with Crippen LogP contribution in [0.15, 0.2) is 17.6 Å². The average Bonchev–Trinajstić information content (AvgIpc) is 3.18. The molecule has 0 radical (unpaired) electrons. The summed E-state index contributed by atoms with van der Waals surface area (Å²) in [7, 11) is 0. The molecule has 0 aromatic carbocycles. The molecule has 3 N–H and O–H groups in total. The Hall–Kier alpha value is -2.41. The summed E-state index contributed by atoms with van der Waals surface area (Å²) in [6.45, 7) is 3.25. The largest absolute Gasteiger partial charge is 0.369 e. The lowest BCUT2D eigenvalue weighted by atomic mass is 9.96. The molecule has 7 heteroatoms. The smallest absolute Gasteiger partial charge is 0.253 e. The van der Waals surface area contributed by atoms with Crippen molar-refractivity contribution in [3.63, 3.8) is 0 Å². The van der Waals surface area contributed by atoms with Gasteiger partial charge < -0.3 is 11.1 Å². The lowest BCUT2D eigenvalue weighted by Crippen LogP contribution is -2.23. The van der Waals surface area contributed by atoms with Gasteiger partial charge in [0, 0.05) is 24.2 Å². The minimum Gasteiger partial charge on any atom is -0.369 e. The number of pyridine rings is 1. The summed E-state index contributed by atoms with van der Waals surface area (Å²) in [6.07, 6.45) is 6.42. The Bertz CT molecular complexity index is 942. The van der Waals surface area contributed by atoms with Crippen LogP contribution in [0.4, 0.5) is 5.95 Å². The van der Waals surface area contributed by atoms with Crippen LogP contribution in [0.5, 0.6) is 0 Å². The molecule has 0 unspecified atom stereocenters. The molecule has 0 spiro atoms. The van der Waals surface area contributed by atoms with E-state index in [2.05, 4.69) is 20.7 Å². The van der Waals surface area contributed by atoms with E-state index in [0.29, 0.717) is 35.8 Å². The maximum atomic E-state index is 12.5. The zero-order valence-electron chi connectivity index (χ0n) is 14.2. The minimum absolute atomic E-state index is 0.130. The van der Waals surface area contributed by atoms with Gasteiger partial charge in [-0.25, -0.2) is 9.97 Å². The fraction of sp³-hybridized carbons (Fsp3) is 0.389. The Morgan fingerprint density at radius 3 is 3.08 bits per heavy atom. The third-order valence-electron chi connectivity index (χ3n) is 4.78. The molecule has 25 heavy (non-hydrogen) atoms. The fourth-order valence-corrected chi connectivity index (χ4v) is 4.60. The van der Waals surface area contributed by atoms with E-state index in [1.54, 1.807) is 12.3 Å². The summed E-state index contributed by atoms with van der Waals surface area (Å²) in [5.74, 6) is 0.294. The number of nitrogens with zero attached hydrogens (tertiary/aromatic N) is 3. The number of hydrogen-bond acceptors (Lipinski definition) is 5. The van der Waals surface area contributed by atoms with E-state index < -0.39 is 0 Å². The monoisotopic (exact) mass is 355 g/mol. The summed E-state index contributed by atoms with van der Waals surface area (Å²) in [6, 6.07) is 1.75. The Morgan fingerprint density at radius 2 is 2.24 bits per heavy atom. The lowest BCUT2D eigenvalue weighted by Gasteiger charge is -2.13. The molecular formula is C18H21N5OS. The van der Waals surface area contributed by atoms with E-state index in [4.69, 9.17) is 5.73 Å². The van der Waals surface area contributed by atoms with Crippen LogP contribution in [-0.4, -0.2) is 20.4 Å². The number of aromatic nitrogens is 3. The highest BCUT2D eigenvalue weighted by atomic mass is 32.1.